The Balaban J connectivity index is 2.12. The Morgan fingerprint density at radius 1 is 1.59 bits per heavy atom. The van der Waals surface area contributed by atoms with Crippen molar-refractivity contribution in [1.29, 1.82) is 0 Å². The topological polar surface area (TPSA) is 49.8 Å². The number of hydrogen-bond donors (Lipinski definition) is 1. The summed E-state index contributed by atoms with van der Waals surface area (Å²) in [5.41, 5.74) is 2.42. The zero-order chi connectivity index (χ0) is 12.4. The predicted molar refractivity (Wildman–Crippen MR) is 65.8 cm³/mol. The smallest absolute Gasteiger partial charge is 0.303 e. The molecule has 0 aliphatic carbocycles. The molecular formula is C13H17NO3. The molecule has 1 N–H and O–H groups in total. The van der Waals surface area contributed by atoms with Crippen molar-refractivity contribution in [3.63, 3.8) is 0 Å². The maximum absolute atomic E-state index is 10.6. The number of likely N-dealkylation sites (N-methyl/N-ethyl adjacent to an activating group) is 1. The molecule has 2 rings (SSSR count). The van der Waals surface area contributed by atoms with E-state index >= 15 is 0 Å². The Morgan fingerprint density at radius 3 is 3.00 bits per heavy atom. The molecule has 1 aliphatic rings. The number of rotatable bonds is 4. The van der Waals surface area contributed by atoms with Crippen molar-refractivity contribution >= 4 is 11.7 Å². The van der Waals surface area contributed by atoms with Gasteiger partial charge >= 0.3 is 5.97 Å². The van der Waals surface area contributed by atoms with Crippen LogP contribution in [-0.2, 0) is 11.2 Å². The number of hydrogen-bond acceptors (Lipinski definition) is 3. The molecule has 92 valence electrons. The lowest BCUT2D eigenvalue weighted by Gasteiger charge is -2.22. The van der Waals surface area contributed by atoms with Gasteiger partial charge in [-0.2, -0.15) is 0 Å². The third-order valence-electron chi connectivity index (χ3n) is 3.37. The van der Waals surface area contributed by atoms with Gasteiger partial charge in [-0.25, -0.2) is 0 Å². The van der Waals surface area contributed by atoms with Crippen molar-refractivity contribution < 1.29 is 14.6 Å². The van der Waals surface area contributed by atoms with Crippen LogP contribution in [0.15, 0.2) is 18.2 Å². The highest BCUT2D eigenvalue weighted by molar-refractivity contribution is 5.67. The molecule has 1 heterocycles. The van der Waals surface area contributed by atoms with Gasteiger partial charge in [0.1, 0.15) is 5.75 Å². The summed E-state index contributed by atoms with van der Waals surface area (Å²) in [7, 11) is 3.66. The highest BCUT2D eigenvalue weighted by atomic mass is 16.5. The van der Waals surface area contributed by atoms with E-state index < -0.39 is 5.97 Å². The fourth-order valence-corrected chi connectivity index (χ4v) is 2.34. The van der Waals surface area contributed by atoms with Gasteiger partial charge in [0.05, 0.1) is 7.11 Å². The average Bonchev–Trinajstić information content (AvgIpc) is 2.63. The fourth-order valence-electron chi connectivity index (χ4n) is 2.34. The monoisotopic (exact) mass is 235 g/mol. The van der Waals surface area contributed by atoms with E-state index in [1.165, 1.54) is 5.56 Å². The Morgan fingerprint density at radius 2 is 2.35 bits per heavy atom. The van der Waals surface area contributed by atoms with Gasteiger partial charge in [0, 0.05) is 31.3 Å². The summed E-state index contributed by atoms with van der Waals surface area (Å²) in [6.45, 7) is 0. The highest BCUT2D eigenvalue weighted by Crippen LogP contribution is 2.35. The summed E-state index contributed by atoms with van der Waals surface area (Å²) in [5, 5.41) is 8.72. The highest BCUT2D eigenvalue weighted by Gasteiger charge is 2.26. The minimum Gasteiger partial charge on any atom is -0.497 e. The molecule has 1 atom stereocenters. The van der Waals surface area contributed by atoms with Crippen LogP contribution >= 0.6 is 0 Å². The van der Waals surface area contributed by atoms with Crippen LogP contribution in [0.3, 0.4) is 0 Å². The molecule has 0 aromatic heterocycles. The van der Waals surface area contributed by atoms with Crippen LogP contribution in [0.25, 0.3) is 0 Å². The van der Waals surface area contributed by atoms with Gasteiger partial charge in [-0.1, -0.05) is 6.07 Å². The van der Waals surface area contributed by atoms with Crippen molar-refractivity contribution in [3.8, 4) is 5.75 Å². The van der Waals surface area contributed by atoms with Crippen LogP contribution in [0.2, 0.25) is 0 Å². The molecule has 4 heteroatoms. The number of ether oxygens (including phenoxy) is 1. The lowest BCUT2D eigenvalue weighted by atomic mass is 10.1. The van der Waals surface area contributed by atoms with Gasteiger partial charge < -0.3 is 14.7 Å². The number of nitrogens with zero attached hydrogens (tertiary/aromatic N) is 1. The molecule has 1 aromatic rings. The molecule has 0 amide bonds. The van der Waals surface area contributed by atoms with E-state index in [0.717, 1.165) is 17.9 Å². The first-order valence-corrected chi connectivity index (χ1v) is 5.73. The fraction of sp³-hybridized carbons (Fsp3) is 0.462. The molecule has 1 unspecified atom stereocenters. The average molecular weight is 235 g/mol. The lowest BCUT2D eigenvalue weighted by molar-refractivity contribution is -0.137. The first-order valence-electron chi connectivity index (χ1n) is 5.73. The molecule has 0 saturated carbocycles. The number of carbonyl (C=O) groups is 1. The van der Waals surface area contributed by atoms with Crippen molar-refractivity contribution in [2.24, 2.45) is 0 Å². The van der Waals surface area contributed by atoms with Gasteiger partial charge in [-0.05, 0) is 24.5 Å². The van der Waals surface area contributed by atoms with Gasteiger partial charge in [0.15, 0.2) is 0 Å². The predicted octanol–water partition coefficient (Wildman–Crippen LogP) is 1.92. The van der Waals surface area contributed by atoms with Crippen molar-refractivity contribution in [2.75, 3.05) is 19.1 Å². The van der Waals surface area contributed by atoms with Crippen LogP contribution in [0.4, 0.5) is 5.69 Å². The molecule has 1 aromatic carbocycles. The van der Waals surface area contributed by atoms with Crippen LogP contribution in [0.5, 0.6) is 5.75 Å². The maximum atomic E-state index is 10.6. The molecule has 0 radical (unpaired) electrons. The van der Waals surface area contributed by atoms with Gasteiger partial charge in [-0.3, -0.25) is 4.79 Å². The van der Waals surface area contributed by atoms with Gasteiger partial charge in [0.2, 0.25) is 0 Å². The summed E-state index contributed by atoms with van der Waals surface area (Å²) in [6, 6.07) is 6.31. The Hall–Kier alpha value is -1.71. The van der Waals surface area contributed by atoms with E-state index in [9.17, 15) is 4.79 Å². The van der Waals surface area contributed by atoms with Crippen LogP contribution in [0.1, 0.15) is 18.4 Å². The number of carboxylic acid groups (broad SMARTS) is 1. The maximum Gasteiger partial charge on any atom is 0.303 e. The Bertz CT molecular complexity index is 431. The second-order valence-corrected chi connectivity index (χ2v) is 4.40. The quantitative estimate of drug-likeness (QED) is 0.866. The van der Waals surface area contributed by atoms with Crippen molar-refractivity contribution in [1.82, 2.24) is 0 Å². The van der Waals surface area contributed by atoms with E-state index in [0.29, 0.717) is 6.42 Å². The lowest BCUT2D eigenvalue weighted by Crippen LogP contribution is -2.28. The molecule has 0 spiro atoms. The Kier molecular flexibility index (Phi) is 3.22. The second-order valence-electron chi connectivity index (χ2n) is 4.40. The number of aliphatic carboxylic acids is 1. The number of benzene rings is 1. The third-order valence-corrected chi connectivity index (χ3v) is 3.37. The normalized spacial score (nSPS) is 18.0. The molecular weight excluding hydrogens is 218 g/mol. The molecule has 4 nitrogen and oxygen atoms in total. The first kappa shape index (κ1) is 11.8. The SMILES string of the molecule is COc1ccc2c(c1)N(C)C(CCC(=O)O)C2. The number of carboxylic acids is 1. The van der Waals surface area contributed by atoms with Crippen LogP contribution < -0.4 is 9.64 Å². The van der Waals surface area contributed by atoms with Crippen LogP contribution in [-0.4, -0.2) is 31.3 Å². The zero-order valence-electron chi connectivity index (χ0n) is 10.1. The summed E-state index contributed by atoms with van der Waals surface area (Å²) in [6.07, 6.45) is 1.83. The van der Waals surface area contributed by atoms with E-state index in [-0.39, 0.29) is 12.5 Å². The first-order chi connectivity index (χ1) is 8.11. The molecule has 17 heavy (non-hydrogen) atoms. The zero-order valence-corrected chi connectivity index (χ0v) is 10.1. The summed E-state index contributed by atoms with van der Waals surface area (Å²) < 4.78 is 5.20. The number of methoxy groups -OCH3 is 1. The summed E-state index contributed by atoms with van der Waals surface area (Å²) >= 11 is 0. The Labute approximate surface area is 101 Å². The van der Waals surface area contributed by atoms with E-state index in [4.69, 9.17) is 9.84 Å². The van der Waals surface area contributed by atoms with Crippen LogP contribution in [0, 0.1) is 0 Å². The molecule has 0 saturated heterocycles. The van der Waals surface area contributed by atoms with E-state index in [1.807, 2.05) is 19.2 Å². The van der Waals surface area contributed by atoms with E-state index in [2.05, 4.69) is 11.0 Å². The van der Waals surface area contributed by atoms with Gasteiger partial charge in [0.25, 0.3) is 0 Å². The second kappa shape index (κ2) is 4.65. The molecule has 0 fully saturated rings. The van der Waals surface area contributed by atoms with Crippen molar-refractivity contribution in [3.05, 3.63) is 23.8 Å². The minimum absolute atomic E-state index is 0.222. The van der Waals surface area contributed by atoms with Gasteiger partial charge in [-0.15, -0.1) is 0 Å². The number of fused-ring (bicyclic) bond motifs is 1. The third kappa shape index (κ3) is 2.35. The summed E-state index contributed by atoms with van der Waals surface area (Å²) in [4.78, 5) is 12.8. The minimum atomic E-state index is -0.730. The number of anilines is 1. The summed E-state index contributed by atoms with van der Waals surface area (Å²) in [5.74, 6) is 0.112. The molecule has 1 aliphatic heterocycles. The largest absolute Gasteiger partial charge is 0.497 e. The van der Waals surface area contributed by atoms with Crippen molar-refractivity contribution in [2.45, 2.75) is 25.3 Å². The van der Waals surface area contributed by atoms with E-state index in [1.54, 1.807) is 7.11 Å². The standard InChI is InChI=1S/C13H17NO3/c1-14-10(4-6-13(15)16)7-9-3-5-11(17-2)8-12(9)14/h3,5,8,10H,4,6-7H2,1-2H3,(H,15,16). The molecule has 0 bridgehead atoms.